The fourth-order valence-electron chi connectivity index (χ4n) is 5.56. The van der Waals surface area contributed by atoms with Gasteiger partial charge in [-0.3, -0.25) is 9.59 Å². The molecule has 0 spiro atoms. The average Bonchev–Trinajstić information content (AvgIpc) is 3.05. The number of methoxy groups -OCH3 is 2. The number of carbonyl (C=O) groups excluding carboxylic acids is 2. The van der Waals surface area contributed by atoms with E-state index >= 15 is 0 Å². The summed E-state index contributed by atoms with van der Waals surface area (Å²) in [5.41, 5.74) is 2.89. The first-order valence-corrected chi connectivity index (χ1v) is 16.0. The van der Waals surface area contributed by atoms with E-state index in [1.165, 1.54) is 0 Å². The number of hydrogen-bond acceptors (Lipinski definition) is 6. The van der Waals surface area contributed by atoms with Crippen molar-refractivity contribution in [1.82, 2.24) is 0 Å². The summed E-state index contributed by atoms with van der Waals surface area (Å²) in [5, 5.41) is 3.76. The van der Waals surface area contributed by atoms with Crippen molar-refractivity contribution < 1.29 is 28.5 Å². The Morgan fingerprint density at radius 3 is 1.63 bits per heavy atom. The van der Waals surface area contributed by atoms with Crippen LogP contribution in [0.25, 0.3) is 32.7 Å². The molecule has 6 nitrogen and oxygen atoms in total. The summed E-state index contributed by atoms with van der Waals surface area (Å²) in [6.45, 7) is 0. The maximum Gasteiger partial charge on any atom is 0.315 e. The molecule has 0 amide bonds. The van der Waals surface area contributed by atoms with Crippen molar-refractivity contribution in [2.75, 3.05) is 14.2 Å². The standard InChI is InChI=1S/C38H28Br2O6/c1-43-34-15-8-24-18-26(39)10-13-29(24)32(34)21-37(41)45-28-12-17-36(31(20-28)23-6-4-3-5-7-23)46-38(42)22-33-30-14-11-27(40)19-25(30)9-16-35(33)44-2/h3-20H,21-22H2,1-2H3. The van der Waals surface area contributed by atoms with Gasteiger partial charge in [-0.25, -0.2) is 0 Å². The molecule has 0 aliphatic rings. The molecule has 0 atom stereocenters. The quantitative estimate of drug-likeness (QED) is 0.109. The van der Waals surface area contributed by atoms with Crippen LogP contribution in [0.3, 0.4) is 0 Å². The molecule has 0 bridgehead atoms. The van der Waals surface area contributed by atoms with Crippen molar-refractivity contribution >= 4 is 65.3 Å². The van der Waals surface area contributed by atoms with Gasteiger partial charge >= 0.3 is 11.9 Å². The lowest BCUT2D eigenvalue weighted by atomic mass is 10.0. The van der Waals surface area contributed by atoms with Gasteiger partial charge in [-0.2, -0.15) is 0 Å². The van der Waals surface area contributed by atoms with E-state index < -0.39 is 11.9 Å². The molecule has 8 heteroatoms. The van der Waals surface area contributed by atoms with Gasteiger partial charge in [0.15, 0.2) is 0 Å². The zero-order valence-corrected chi connectivity index (χ0v) is 28.2. The predicted molar refractivity (Wildman–Crippen MR) is 187 cm³/mol. The number of rotatable bonds is 9. The average molecular weight is 740 g/mol. The molecule has 0 aliphatic carbocycles. The molecule has 0 saturated carbocycles. The van der Waals surface area contributed by atoms with Gasteiger partial charge in [0.1, 0.15) is 23.0 Å². The molecule has 6 aromatic rings. The highest BCUT2D eigenvalue weighted by molar-refractivity contribution is 9.10. The van der Waals surface area contributed by atoms with E-state index in [1.54, 1.807) is 32.4 Å². The van der Waals surface area contributed by atoms with Gasteiger partial charge in [-0.15, -0.1) is 0 Å². The van der Waals surface area contributed by atoms with E-state index in [0.717, 1.165) is 47.2 Å². The Morgan fingerprint density at radius 1 is 0.565 bits per heavy atom. The summed E-state index contributed by atoms with van der Waals surface area (Å²) < 4.78 is 24.8. The number of benzene rings is 6. The molecule has 0 aromatic heterocycles. The largest absolute Gasteiger partial charge is 0.496 e. The number of halogens is 2. The fraction of sp³-hybridized carbons (Fsp3) is 0.105. The van der Waals surface area contributed by atoms with Crippen molar-refractivity contribution in [2.24, 2.45) is 0 Å². The third kappa shape index (κ3) is 6.78. The van der Waals surface area contributed by atoms with E-state index in [-0.39, 0.29) is 12.8 Å². The second-order valence-electron chi connectivity index (χ2n) is 10.5. The van der Waals surface area contributed by atoms with E-state index in [1.807, 2.05) is 91.0 Å². The van der Waals surface area contributed by atoms with Gasteiger partial charge in [-0.1, -0.05) is 86.5 Å². The predicted octanol–water partition coefficient (Wildman–Crippen LogP) is 9.50. The minimum absolute atomic E-state index is 0.00297. The zero-order valence-electron chi connectivity index (χ0n) is 25.0. The van der Waals surface area contributed by atoms with Gasteiger partial charge in [0.2, 0.25) is 0 Å². The molecule has 46 heavy (non-hydrogen) atoms. The van der Waals surface area contributed by atoms with E-state index in [2.05, 4.69) is 31.9 Å². The van der Waals surface area contributed by atoms with Crippen LogP contribution in [-0.2, 0) is 22.4 Å². The van der Waals surface area contributed by atoms with Crippen LogP contribution in [0.15, 0.2) is 118 Å². The number of ether oxygens (including phenoxy) is 4. The summed E-state index contributed by atoms with van der Waals surface area (Å²) in [6, 6.07) is 33.8. The van der Waals surface area contributed by atoms with Gasteiger partial charge in [0.25, 0.3) is 0 Å². The molecular weight excluding hydrogens is 712 g/mol. The Bertz CT molecular complexity index is 2090. The molecule has 0 N–H and O–H groups in total. The maximum absolute atomic E-state index is 13.4. The summed E-state index contributed by atoms with van der Waals surface area (Å²) in [6.07, 6.45) is -0.000457. The van der Waals surface area contributed by atoms with Gasteiger partial charge in [-0.05, 0) is 81.7 Å². The molecule has 0 saturated heterocycles. The van der Waals surface area contributed by atoms with E-state index in [4.69, 9.17) is 18.9 Å². The summed E-state index contributed by atoms with van der Waals surface area (Å²) in [5.74, 6) is 0.978. The van der Waals surface area contributed by atoms with Crippen LogP contribution in [0.4, 0.5) is 0 Å². The van der Waals surface area contributed by atoms with Gasteiger partial charge in [0, 0.05) is 25.6 Å². The van der Waals surface area contributed by atoms with Crippen molar-refractivity contribution in [2.45, 2.75) is 12.8 Å². The van der Waals surface area contributed by atoms with Crippen LogP contribution in [0.2, 0.25) is 0 Å². The van der Waals surface area contributed by atoms with Crippen molar-refractivity contribution in [3.8, 4) is 34.1 Å². The third-order valence-corrected chi connectivity index (χ3v) is 8.66. The van der Waals surface area contributed by atoms with Gasteiger partial charge < -0.3 is 18.9 Å². The Kier molecular flexibility index (Phi) is 9.38. The van der Waals surface area contributed by atoms with E-state index in [9.17, 15) is 9.59 Å². The lowest BCUT2D eigenvalue weighted by molar-refractivity contribution is -0.134. The lowest BCUT2D eigenvalue weighted by Crippen LogP contribution is -2.14. The number of carbonyl (C=O) groups is 2. The molecule has 6 rings (SSSR count). The third-order valence-electron chi connectivity index (χ3n) is 7.67. The first kappa shape index (κ1) is 31.3. The van der Waals surface area contributed by atoms with E-state index in [0.29, 0.717) is 28.6 Å². The minimum Gasteiger partial charge on any atom is -0.496 e. The summed E-state index contributed by atoms with van der Waals surface area (Å²) in [4.78, 5) is 26.7. The summed E-state index contributed by atoms with van der Waals surface area (Å²) in [7, 11) is 3.16. The molecular formula is C38H28Br2O6. The molecule has 0 radical (unpaired) electrons. The van der Waals surface area contributed by atoms with Crippen LogP contribution in [0, 0.1) is 0 Å². The Balaban J connectivity index is 1.27. The smallest absolute Gasteiger partial charge is 0.315 e. The highest BCUT2D eigenvalue weighted by Gasteiger charge is 2.19. The molecule has 0 aliphatic heterocycles. The van der Waals surface area contributed by atoms with Crippen LogP contribution < -0.4 is 18.9 Å². The van der Waals surface area contributed by atoms with Gasteiger partial charge in [0.05, 0.1) is 27.1 Å². The minimum atomic E-state index is -0.453. The topological polar surface area (TPSA) is 71.1 Å². The number of hydrogen-bond donors (Lipinski definition) is 0. The normalized spacial score (nSPS) is 11.0. The SMILES string of the molecule is COc1ccc2cc(Br)ccc2c1CC(=O)Oc1ccc(OC(=O)Cc2c(OC)ccc3cc(Br)ccc23)c(-c2ccccc2)c1. The molecule has 0 fully saturated rings. The molecule has 6 aromatic carbocycles. The molecule has 230 valence electrons. The van der Waals surface area contributed by atoms with Crippen LogP contribution in [0.1, 0.15) is 11.1 Å². The molecule has 0 unspecified atom stereocenters. The zero-order chi connectivity index (χ0) is 32.2. The Hall–Kier alpha value is -4.66. The lowest BCUT2D eigenvalue weighted by Gasteiger charge is -2.15. The first-order valence-electron chi connectivity index (χ1n) is 14.4. The summed E-state index contributed by atoms with van der Waals surface area (Å²) >= 11 is 7.02. The first-order chi connectivity index (χ1) is 22.3. The number of fused-ring (bicyclic) bond motifs is 2. The second kappa shape index (κ2) is 13.8. The molecule has 0 heterocycles. The number of esters is 2. The van der Waals surface area contributed by atoms with Crippen LogP contribution >= 0.6 is 31.9 Å². The van der Waals surface area contributed by atoms with Crippen molar-refractivity contribution in [1.29, 1.82) is 0 Å². The highest BCUT2D eigenvalue weighted by atomic mass is 79.9. The second-order valence-corrected chi connectivity index (χ2v) is 12.4. The highest BCUT2D eigenvalue weighted by Crippen LogP contribution is 2.36. The Morgan fingerprint density at radius 2 is 1.09 bits per heavy atom. The van der Waals surface area contributed by atoms with Crippen molar-refractivity contribution in [3.05, 3.63) is 129 Å². The van der Waals surface area contributed by atoms with Crippen molar-refractivity contribution in [3.63, 3.8) is 0 Å². The maximum atomic E-state index is 13.4. The van der Waals surface area contributed by atoms with Crippen LogP contribution in [-0.4, -0.2) is 26.2 Å². The fourth-order valence-corrected chi connectivity index (χ4v) is 6.31. The monoisotopic (exact) mass is 738 g/mol. The Labute approximate surface area is 283 Å². The van der Waals surface area contributed by atoms with Crippen LogP contribution in [0.5, 0.6) is 23.0 Å².